The standard InChI is InChI=1S/C36H48F2N4O3/c1-6-14-42(15-7-2)36(44)30-18-26(3)17-29(23-30)35(43)40-33(21-28-19-31(37)24-32(38)20-28)11-12-39-13-16-41(4)25-27-9-8-10-34(22-27)45-5/h8-10,17-20,22-24,33,39H,6-7,11-16,21,25H2,1-5H3,(H,40,43). The van der Waals surface area contributed by atoms with Crippen molar-refractivity contribution in [1.29, 1.82) is 0 Å². The summed E-state index contributed by atoms with van der Waals surface area (Å²) >= 11 is 0. The summed E-state index contributed by atoms with van der Waals surface area (Å²) in [7, 11) is 3.70. The van der Waals surface area contributed by atoms with Crippen LogP contribution in [-0.4, -0.2) is 74.5 Å². The molecular weight excluding hydrogens is 574 g/mol. The fourth-order valence-electron chi connectivity index (χ4n) is 5.42. The van der Waals surface area contributed by atoms with E-state index in [0.717, 1.165) is 55.4 Å². The summed E-state index contributed by atoms with van der Waals surface area (Å²) in [5, 5.41) is 6.50. The fourth-order valence-corrected chi connectivity index (χ4v) is 5.42. The van der Waals surface area contributed by atoms with Gasteiger partial charge >= 0.3 is 0 Å². The van der Waals surface area contributed by atoms with E-state index in [-0.39, 0.29) is 18.2 Å². The lowest BCUT2D eigenvalue weighted by molar-refractivity contribution is 0.0755. The first-order valence-corrected chi connectivity index (χ1v) is 15.8. The highest BCUT2D eigenvalue weighted by Crippen LogP contribution is 2.16. The zero-order chi connectivity index (χ0) is 32.8. The van der Waals surface area contributed by atoms with Gasteiger partial charge in [-0.25, -0.2) is 8.78 Å². The quantitative estimate of drug-likeness (QED) is 0.170. The summed E-state index contributed by atoms with van der Waals surface area (Å²) < 4.78 is 33.3. The van der Waals surface area contributed by atoms with Crippen molar-refractivity contribution in [3.05, 3.63) is 100 Å². The van der Waals surface area contributed by atoms with Gasteiger partial charge in [0.05, 0.1) is 7.11 Å². The van der Waals surface area contributed by atoms with E-state index in [1.165, 1.54) is 12.1 Å². The molecule has 0 aromatic heterocycles. The number of carbonyl (C=O) groups excluding carboxylic acids is 2. The Morgan fingerprint density at radius 3 is 2.22 bits per heavy atom. The minimum Gasteiger partial charge on any atom is -0.497 e. The first kappa shape index (κ1) is 35.7. The molecule has 2 N–H and O–H groups in total. The summed E-state index contributed by atoms with van der Waals surface area (Å²) in [6, 6.07) is 16.2. The summed E-state index contributed by atoms with van der Waals surface area (Å²) in [5.41, 5.74) is 3.29. The molecule has 0 heterocycles. The van der Waals surface area contributed by atoms with Crippen molar-refractivity contribution in [1.82, 2.24) is 20.4 Å². The second-order valence-electron chi connectivity index (χ2n) is 11.7. The summed E-state index contributed by atoms with van der Waals surface area (Å²) in [6.45, 7) is 10.1. The highest BCUT2D eigenvalue weighted by atomic mass is 19.1. The Bertz CT molecular complexity index is 1370. The monoisotopic (exact) mass is 622 g/mol. The molecule has 3 aromatic carbocycles. The number of hydrogen-bond donors (Lipinski definition) is 2. The Hall–Kier alpha value is -3.82. The Morgan fingerprint density at radius 1 is 0.867 bits per heavy atom. The molecule has 244 valence electrons. The van der Waals surface area contributed by atoms with Gasteiger partial charge in [0.2, 0.25) is 0 Å². The average molecular weight is 623 g/mol. The van der Waals surface area contributed by atoms with Gasteiger partial charge in [-0.05, 0) is 105 Å². The van der Waals surface area contributed by atoms with Crippen molar-refractivity contribution >= 4 is 11.8 Å². The topological polar surface area (TPSA) is 73.9 Å². The van der Waals surface area contributed by atoms with Crippen molar-refractivity contribution in [3.8, 4) is 5.75 Å². The SMILES string of the molecule is CCCN(CCC)C(=O)c1cc(C)cc(C(=O)NC(CCNCCN(C)Cc2cccc(OC)c2)Cc2cc(F)cc(F)c2)c1. The summed E-state index contributed by atoms with van der Waals surface area (Å²) in [4.78, 5) is 30.8. The number of likely N-dealkylation sites (N-methyl/N-ethyl adjacent to an activating group) is 1. The first-order valence-electron chi connectivity index (χ1n) is 15.8. The lowest BCUT2D eigenvalue weighted by atomic mass is 10.0. The van der Waals surface area contributed by atoms with Crippen LogP contribution in [0.2, 0.25) is 0 Å². The van der Waals surface area contributed by atoms with E-state index >= 15 is 0 Å². The summed E-state index contributed by atoms with van der Waals surface area (Å²) in [5.74, 6) is -0.904. The predicted molar refractivity (Wildman–Crippen MR) is 176 cm³/mol. The molecule has 9 heteroatoms. The van der Waals surface area contributed by atoms with Gasteiger partial charge in [0.15, 0.2) is 0 Å². The lowest BCUT2D eigenvalue weighted by Gasteiger charge is -2.23. The molecule has 1 unspecified atom stereocenters. The second kappa shape index (κ2) is 18.2. The van der Waals surface area contributed by atoms with Gasteiger partial charge in [-0.2, -0.15) is 0 Å². The number of carbonyl (C=O) groups is 2. The molecule has 2 amide bonds. The zero-order valence-electron chi connectivity index (χ0n) is 27.3. The van der Waals surface area contributed by atoms with Crippen LogP contribution in [-0.2, 0) is 13.0 Å². The van der Waals surface area contributed by atoms with Crippen molar-refractivity contribution in [2.24, 2.45) is 0 Å². The minimum absolute atomic E-state index is 0.0937. The van der Waals surface area contributed by atoms with E-state index in [0.29, 0.717) is 42.7 Å². The minimum atomic E-state index is -0.655. The number of methoxy groups -OCH3 is 1. The number of aryl methyl sites for hydroxylation is 1. The third kappa shape index (κ3) is 11.9. The van der Waals surface area contributed by atoms with Crippen LogP contribution in [0.3, 0.4) is 0 Å². The molecule has 3 rings (SSSR count). The molecule has 0 spiro atoms. The van der Waals surface area contributed by atoms with E-state index in [1.807, 2.05) is 50.9 Å². The molecule has 3 aromatic rings. The number of nitrogens with one attached hydrogen (secondary N) is 2. The molecule has 0 aliphatic carbocycles. The molecule has 0 aliphatic heterocycles. The Morgan fingerprint density at radius 2 is 1.56 bits per heavy atom. The maximum atomic E-state index is 14.0. The van der Waals surface area contributed by atoms with Crippen molar-refractivity contribution < 1.29 is 23.1 Å². The van der Waals surface area contributed by atoms with Crippen LogP contribution in [0, 0.1) is 18.6 Å². The predicted octanol–water partition coefficient (Wildman–Crippen LogP) is 6.00. The van der Waals surface area contributed by atoms with Crippen LogP contribution in [0.25, 0.3) is 0 Å². The number of nitrogens with zero attached hydrogens (tertiary/aromatic N) is 2. The van der Waals surface area contributed by atoms with Gasteiger partial charge in [0, 0.05) is 56.0 Å². The number of halogens is 2. The maximum absolute atomic E-state index is 14.0. The maximum Gasteiger partial charge on any atom is 0.253 e. The van der Waals surface area contributed by atoms with Crippen LogP contribution in [0.4, 0.5) is 8.78 Å². The zero-order valence-corrected chi connectivity index (χ0v) is 27.3. The highest BCUT2D eigenvalue weighted by molar-refractivity contribution is 6.00. The molecule has 0 aliphatic rings. The number of ether oxygens (including phenoxy) is 1. The second-order valence-corrected chi connectivity index (χ2v) is 11.7. The largest absolute Gasteiger partial charge is 0.497 e. The van der Waals surface area contributed by atoms with Gasteiger partial charge in [0.1, 0.15) is 17.4 Å². The third-order valence-corrected chi connectivity index (χ3v) is 7.53. The normalized spacial score (nSPS) is 11.8. The van der Waals surface area contributed by atoms with Crippen LogP contribution in [0.1, 0.15) is 70.5 Å². The van der Waals surface area contributed by atoms with Crippen LogP contribution in [0.5, 0.6) is 5.75 Å². The average Bonchev–Trinajstić information content (AvgIpc) is 2.99. The molecule has 1 atom stereocenters. The number of rotatable bonds is 18. The number of benzene rings is 3. The van der Waals surface area contributed by atoms with E-state index < -0.39 is 17.7 Å². The van der Waals surface area contributed by atoms with Crippen LogP contribution >= 0.6 is 0 Å². The van der Waals surface area contributed by atoms with Crippen molar-refractivity contribution in [3.63, 3.8) is 0 Å². The Kier molecular flexibility index (Phi) is 14.4. The van der Waals surface area contributed by atoms with Crippen molar-refractivity contribution in [2.75, 3.05) is 46.9 Å². The Labute approximate surface area is 267 Å². The fraction of sp³-hybridized carbons (Fsp3) is 0.444. The molecule has 45 heavy (non-hydrogen) atoms. The van der Waals surface area contributed by atoms with Crippen LogP contribution < -0.4 is 15.4 Å². The molecule has 7 nitrogen and oxygen atoms in total. The number of amides is 2. The lowest BCUT2D eigenvalue weighted by Crippen LogP contribution is -2.39. The number of hydrogen-bond acceptors (Lipinski definition) is 5. The van der Waals surface area contributed by atoms with Gasteiger partial charge < -0.3 is 25.2 Å². The van der Waals surface area contributed by atoms with Gasteiger partial charge in [-0.1, -0.05) is 26.0 Å². The van der Waals surface area contributed by atoms with E-state index in [9.17, 15) is 18.4 Å². The molecule has 0 radical (unpaired) electrons. The van der Waals surface area contributed by atoms with Gasteiger partial charge in [-0.15, -0.1) is 0 Å². The van der Waals surface area contributed by atoms with E-state index in [2.05, 4.69) is 21.6 Å². The van der Waals surface area contributed by atoms with Gasteiger partial charge in [-0.3, -0.25) is 9.59 Å². The molecular formula is C36H48F2N4O3. The molecule has 0 fully saturated rings. The smallest absolute Gasteiger partial charge is 0.253 e. The molecule has 0 saturated carbocycles. The molecule has 0 bridgehead atoms. The first-order chi connectivity index (χ1) is 21.6. The van der Waals surface area contributed by atoms with Crippen LogP contribution in [0.15, 0.2) is 60.7 Å². The third-order valence-electron chi connectivity index (χ3n) is 7.53. The highest BCUT2D eigenvalue weighted by Gasteiger charge is 2.20. The Balaban J connectivity index is 1.65. The summed E-state index contributed by atoms with van der Waals surface area (Å²) in [6.07, 6.45) is 2.50. The van der Waals surface area contributed by atoms with Crippen molar-refractivity contribution in [2.45, 2.75) is 59.0 Å². The van der Waals surface area contributed by atoms with E-state index in [1.54, 1.807) is 25.3 Å². The van der Waals surface area contributed by atoms with Gasteiger partial charge in [0.25, 0.3) is 11.8 Å². The van der Waals surface area contributed by atoms with E-state index in [4.69, 9.17) is 4.74 Å². The molecule has 0 saturated heterocycles.